The molecule has 0 unspecified atom stereocenters. The van der Waals surface area contributed by atoms with E-state index in [9.17, 15) is 4.79 Å². The number of benzene rings is 2. The molecule has 144 valence electrons. The van der Waals surface area contributed by atoms with Crippen molar-refractivity contribution in [3.63, 3.8) is 0 Å². The molecule has 1 amide bonds. The first kappa shape index (κ1) is 20.2. The number of hydrogen-bond acceptors (Lipinski definition) is 3. The van der Waals surface area contributed by atoms with E-state index < -0.39 is 0 Å². The summed E-state index contributed by atoms with van der Waals surface area (Å²) in [7, 11) is 0. The standard InChI is InChI=1S/C21H25Cl2N3O/c1-15-5-3-4-6-17(15)13-25-9-11-26(12-10-25)14-19(27)24-21-18(22)8-7-16(2)20(21)23/h3-8H,9-14H2,1-2H3,(H,24,27). The molecule has 2 aromatic rings. The third kappa shape index (κ3) is 5.23. The van der Waals surface area contributed by atoms with Gasteiger partial charge in [-0.3, -0.25) is 14.6 Å². The van der Waals surface area contributed by atoms with Gasteiger partial charge in [0, 0.05) is 32.7 Å². The number of amides is 1. The van der Waals surface area contributed by atoms with Crippen molar-refractivity contribution < 1.29 is 4.79 Å². The molecular weight excluding hydrogens is 381 g/mol. The molecule has 1 aliphatic rings. The van der Waals surface area contributed by atoms with E-state index in [1.54, 1.807) is 6.07 Å². The normalized spacial score (nSPS) is 15.7. The molecule has 3 rings (SSSR count). The van der Waals surface area contributed by atoms with E-state index in [1.165, 1.54) is 11.1 Å². The lowest BCUT2D eigenvalue weighted by atomic mass is 10.1. The molecule has 27 heavy (non-hydrogen) atoms. The molecule has 1 fully saturated rings. The maximum Gasteiger partial charge on any atom is 0.238 e. The number of halogens is 2. The second-order valence-corrected chi connectivity index (χ2v) is 7.87. The topological polar surface area (TPSA) is 35.6 Å². The lowest BCUT2D eigenvalue weighted by Crippen LogP contribution is -2.48. The third-order valence-corrected chi connectivity index (χ3v) is 5.84. The zero-order chi connectivity index (χ0) is 19.4. The van der Waals surface area contributed by atoms with E-state index in [0.29, 0.717) is 22.3 Å². The van der Waals surface area contributed by atoms with E-state index in [-0.39, 0.29) is 5.91 Å². The van der Waals surface area contributed by atoms with Gasteiger partial charge in [0.15, 0.2) is 0 Å². The molecule has 1 saturated heterocycles. The largest absolute Gasteiger partial charge is 0.322 e. The lowest BCUT2D eigenvalue weighted by molar-refractivity contribution is -0.117. The highest BCUT2D eigenvalue weighted by molar-refractivity contribution is 6.40. The molecule has 2 aromatic carbocycles. The molecule has 0 spiro atoms. The summed E-state index contributed by atoms with van der Waals surface area (Å²) in [6, 6.07) is 12.1. The molecule has 0 aliphatic carbocycles. The van der Waals surface area contributed by atoms with Crippen LogP contribution in [0.1, 0.15) is 16.7 Å². The highest BCUT2D eigenvalue weighted by atomic mass is 35.5. The Bertz CT molecular complexity index is 817. The van der Waals surface area contributed by atoms with Gasteiger partial charge in [-0.15, -0.1) is 0 Å². The van der Waals surface area contributed by atoms with Crippen LogP contribution in [-0.4, -0.2) is 48.4 Å². The fraction of sp³-hybridized carbons (Fsp3) is 0.381. The molecular formula is C21H25Cl2N3O. The second kappa shape index (κ2) is 9.07. The summed E-state index contributed by atoms with van der Waals surface area (Å²) in [5.41, 5.74) is 4.08. The van der Waals surface area contributed by atoms with Gasteiger partial charge in [-0.2, -0.15) is 0 Å². The molecule has 1 heterocycles. The molecule has 1 aliphatic heterocycles. The van der Waals surface area contributed by atoms with Crippen LogP contribution in [0.3, 0.4) is 0 Å². The number of anilines is 1. The minimum absolute atomic E-state index is 0.0863. The SMILES string of the molecule is Cc1ccccc1CN1CCN(CC(=O)Nc2c(Cl)ccc(C)c2Cl)CC1. The van der Waals surface area contributed by atoms with Gasteiger partial charge in [-0.25, -0.2) is 0 Å². The van der Waals surface area contributed by atoms with Crippen molar-refractivity contribution in [2.75, 3.05) is 38.0 Å². The minimum Gasteiger partial charge on any atom is -0.322 e. The van der Waals surface area contributed by atoms with Gasteiger partial charge in [0.2, 0.25) is 5.91 Å². The van der Waals surface area contributed by atoms with Crippen molar-refractivity contribution in [2.45, 2.75) is 20.4 Å². The smallest absolute Gasteiger partial charge is 0.238 e. The zero-order valence-corrected chi connectivity index (χ0v) is 17.3. The predicted octanol–water partition coefficient (Wildman–Crippen LogP) is 4.37. The summed E-state index contributed by atoms with van der Waals surface area (Å²) < 4.78 is 0. The molecule has 0 bridgehead atoms. The van der Waals surface area contributed by atoms with Crippen molar-refractivity contribution in [2.24, 2.45) is 0 Å². The number of nitrogens with zero attached hydrogens (tertiary/aromatic N) is 2. The van der Waals surface area contributed by atoms with E-state index in [0.717, 1.165) is 38.3 Å². The van der Waals surface area contributed by atoms with Gasteiger partial charge in [0.25, 0.3) is 0 Å². The molecule has 1 N–H and O–H groups in total. The van der Waals surface area contributed by atoms with Crippen molar-refractivity contribution in [1.29, 1.82) is 0 Å². The van der Waals surface area contributed by atoms with E-state index in [1.807, 2.05) is 13.0 Å². The Hall–Kier alpha value is -1.59. The van der Waals surface area contributed by atoms with Gasteiger partial charge in [0.05, 0.1) is 22.3 Å². The molecule has 4 nitrogen and oxygen atoms in total. The summed E-state index contributed by atoms with van der Waals surface area (Å²) in [6.07, 6.45) is 0. The van der Waals surface area contributed by atoms with Crippen LogP contribution in [0.15, 0.2) is 36.4 Å². The van der Waals surface area contributed by atoms with Crippen LogP contribution in [0, 0.1) is 13.8 Å². The van der Waals surface area contributed by atoms with Crippen LogP contribution in [0.25, 0.3) is 0 Å². The first-order valence-corrected chi connectivity index (χ1v) is 9.93. The summed E-state index contributed by atoms with van der Waals surface area (Å²) in [5, 5.41) is 3.83. The Morgan fingerprint density at radius 2 is 1.63 bits per heavy atom. The number of carbonyl (C=O) groups is 1. The molecule has 0 atom stereocenters. The number of rotatable bonds is 5. The number of piperazine rings is 1. The maximum atomic E-state index is 12.4. The van der Waals surface area contributed by atoms with E-state index in [4.69, 9.17) is 23.2 Å². The van der Waals surface area contributed by atoms with Gasteiger partial charge >= 0.3 is 0 Å². The van der Waals surface area contributed by atoms with Gasteiger partial charge in [-0.05, 0) is 36.6 Å². The number of aryl methyl sites for hydroxylation is 2. The first-order chi connectivity index (χ1) is 12.9. The van der Waals surface area contributed by atoms with Crippen LogP contribution in [0.2, 0.25) is 10.0 Å². The fourth-order valence-corrected chi connectivity index (χ4v) is 3.75. The summed E-state index contributed by atoms with van der Waals surface area (Å²) in [4.78, 5) is 17.0. The van der Waals surface area contributed by atoms with Gasteiger partial charge < -0.3 is 5.32 Å². The highest BCUT2D eigenvalue weighted by Crippen LogP contribution is 2.32. The average molecular weight is 406 g/mol. The van der Waals surface area contributed by atoms with Gasteiger partial charge in [0.1, 0.15) is 0 Å². The van der Waals surface area contributed by atoms with Crippen LogP contribution in [0.4, 0.5) is 5.69 Å². The maximum absolute atomic E-state index is 12.4. The Morgan fingerprint density at radius 1 is 0.963 bits per heavy atom. The Morgan fingerprint density at radius 3 is 2.33 bits per heavy atom. The molecule has 6 heteroatoms. The fourth-order valence-electron chi connectivity index (χ4n) is 3.29. The van der Waals surface area contributed by atoms with E-state index in [2.05, 4.69) is 46.3 Å². The average Bonchev–Trinajstić information content (AvgIpc) is 2.65. The van der Waals surface area contributed by atoms with Crippen LogP contribution in [0.5, 0.6) is 0 Å². The molecule has 0 aromatic heterocycles. The van der Waals surface area contributed by atoms with Crippen molar-refractivity contribution in [1.82, 2.24) is 9.80 Å². The Balaban J connectivity index is 1.50. The van der Waals surface area contributed by atoms with E-state index >= 15 is 0 Å². The third-order valence-electron chi connectivity index (χ3n) is 5.04. The van der Waals surface area contributed by atoms with Gasteiger partial charge in [-0.1, -0.05) is 53.5 Å². The second-order valence-electron chi connectivity index (χ2n) is 7.08. The summed E-state index contributed by atoms with van der Waals surface area (Å²) >= 11 is 12.5. The van der Waals surface area contributed by atoms with Crippen LogP contribution < -0.4 is 5.32 Å². The summed E-state index contributed by atoms with van der Waals surface area (Å²) in [6.45, 7) is 8.99. The lowest BCUT2D eigenvalue weighted by Gasteiger charge is -2.34. The molecule has 0 saturated carbocycles. The minimum atomic E-state index is -0.0863. The Kier molecular flexibility index (Phi) is 6.77. The Labute approximate surface area is 171 Å². The van der Waals surface area contributed by atoms with Crippen molar-refractivity contribution >= 4 is 34.8 Å². The van der Waals surface area contributed by atoms with Crippen LogP contribution in [-0.2, 0) is 11.3 Å². The number of hydrogen-bond donors (Lipinski definition) is 1. The zero-order valence-electron chi connectivity index (χ0n) is 15.8. The first-order valence-electron chi connectivity index (χ1n) is 9.17. The quantitative estimate of drug-likeness (QED) is 0.801. The van der Waals surface area contributed by atoms with Crippen molar-refractivity contribution in [3.05, 3.63) is 63.1 Å². The summed E-state index contributed by atoms with van der Waals surface area (Å²) in [5.74, 6) is -0.0863. The predicted molar refractivity (Wildman–Crippen MR) is 113 cm³/mol. The highest BCUT2D eigenvalue weighted by Gasteiger charge is 2.20. The number of carbonyl (C=O) groups excluding carboxylic acids is 1. The van der Waals surface area contributed by atoms with Crippen molar-refractivity contribution in [3.8, 4) is 0 Å². The molecule has 0 radical (unpaired) electrons. The van der Waals surface area contributed by atoms with Crippen LogP contribution >= 0.6 is 23.2 Å². The number of nitrogens with one attached hydrogen (secondary N) is 1. The monoisotopic (exact) mass is 405 g/mol.